The van der Waals surface area contributed by atoms with Crippen molar-refractivity contribution in [2.24, 2.45) is 5.92 Å². The zero-order valence-electron chi connectivity index (χ0n) is 16.5. The number of nitrogens with zero attached hydrogens (tertiary/aromatic N) is 1. The normalized spacial score (nSPS) is 25.0. The fourth-order valence-electron chi connectivity index (χ4n) is 4.27. The molecule has 0 radical (unpaired) electrons. The second kappa shape index (κ2) is 9.36. The Kier molecular flexibility index (Phi) is 6.89. The maximum absolute atomic E-state index is 12.9. The van der Waals surface area contributed by atoms with Gasteiger partial charge in [0.25, 0.3) is 0 Å². The molecule has 3 rings (SSSR count). The van der Waals surface area contributed by atoms with Crippen LogP contribution in [0.25, 0.3) is 0 Å². The molecule has 5 nitrogen and oxygen atoms in total. The van der Waals surface area contributed by atoms with Crippen molar-refractivity contribution in [3.05, 3.63) is 35.9 Å². The first-order chi connectivity index (χ1) is 13.0. The third-order valence-corrected chi connectivity index (χ3v) is 5.69. The summed E-state index contributed by atoms with van der Waals surface area (Å²) in [5.74, 6) is 0.457. The first-order valence-corrected chi connectivity index (χ1v) is 10.3. The van der Waals surface area contributed by atoms with Crippen LogP contribution in [0.3, 0.4) is 0 Å². The van der Waals surface area contributed by atoms with Crippen LogP contribution >= 0.6 is 0 Å². The van der Waals surface area contributed by atoms with Crippen LogP contribution in [-0.4, -0.2) is 41.9 Å². The van der Waals surface area contributed by atoms with Gasteiger partial charge >= 0.3 is 0 Å². The Bertz CT molecular complexity index is 628. The summed E-state index contributed by atoms with van der Waals surface area (Å²) in [5, 5.41) is 2.92. The third-order valence-electron chi connectivity index (χ3n) is 5.69. The molecule has 2 amide bonds. The number of amides is 2. The van der Waals surface area contributed by atoms with Crippen molar-refractivity contribution >= 4 is 11.8 Å². The lowest BCUT2D eigenvalue weighted by Crippen LogP contribution is -2.53. The highest BCUT2D eigenvalue weighted by Gasteiger charge is 2.32. The van der Waals surface area contributed by atoms with Gasteiger partial charge in [-0.15, -0.1) is 0 Å². The zero-order valence-corrected chi connectivity index (χ0v) is 16.5. The van der Waals surface area contributed by atoms with Crippen molar-refractivity contribution in [1.82, 2.24) is 10.2 Å². The van der Waals surface area contributed by atoms with E-state index >= 15 is 0 Å². The number of carbonyl (C=O) groups excluding carboxylic acids is 2. The number of nitrogens with one attached hydrogen (secondary N) is 1. The van der Waals surface area contributed by atoms with E-state index < -0.39 is 6.04 Å². The molecule has 1 aromatic carbocycles. The van der Waals surface area contributed by atoms with Crippen molar-refractivity contribution in [3.63, 3.8) is 0 Å². The molecule has 2 fully saturated rings. The minimum absolute atomic E-state index is 0.00340. The highest BCUT2D eigenvalue weighted by Crippen LogP contribution is 2.27. The summed E-state index contributed by atoms with van der Waals surface area (Å²) in [6.45, 7) is 4.86. The monoisotopic (exact) mass is 372 g/mol. The van der Waals surface area contributed by atoms with Gasteiger partial charge in [0.15, 0.2) is 0 Å². The number of hydrogen-bond donors (Lipinski definition) is 1. The summed E-state index contributed by atoms with van der Waals surface area (Å²) in [6.07, 6.45) is 6.39. The fourth-order valence-corrected chi connectivity index (χ4v) is 4.27. The lowest BCUT2D eigenvalue weighted by molar-refractivity contribution is -0.148. The molecule has 3 unspecified atom stereocenters. The molecule has 1 aromatic rings. The van der Waals surface area contributed by atoms with E-state index in [1.165, 1.54) is 19.3 Å². The average Bonchev–Trinajstić information content (AvgIpc) is 2.68. The quantitative estimate of drug-likeness (QED) is 0.861. The Morgan fingerprint density at radius 2 is 1.85 bits per heavy atom. The van der Waals surface area contributed by atoms with Crippen LogP contribution in [-0.2, 0) is 14.3 Å². The Labute approximate surface area is 162 Å². The fraction of sp³-hybridized carbons (Fsp3) is 0.636. The van der Waals surface area contributed by atoms with Crippen LogP contribution in [0.1, 0.15) is 64.0 Å². The van der Waals surface area contributed by atoms with E-state index in [1.807, 2.05) is 42.2 Å². The Hall–Kier alpha value is -1.88. The summed E-state index contributed by atoms with van der Waals surface area (Å²) in [5.41, 5.74) is 1.08. The highest BCUT2D eigenvalue weighted by molar-refractivity contribution is 5.87. The number of morpholine rings is 1. The molecule has 0 bridgehead atoms. The van der Waals surface area contributed by atoms with Crippen molar-refractivity contribution in [1.29, 1.82) is 0 Å². The summed E-state index contributed by atoms with van der Waals surface area (Å²) in [6, 6.07) is 9.50. The van der Waals surface area contributed by atoms with E-state index in [-0.39, 0.29) is 24.0 Å². The first-order valence-electron chi connectivity index (χ1n) is 10.3. The van der Waals surface area contributed by atoms with Gasteiger partial charge in [-0.1, -0.05) is 49.6 Å². The van der Waals surface area contributed by atoms with Gasteiger partial charge in [0.1, 0.15) is 12.1 Å². The third kappa shape index (κ3) is 5.55. The molecule has 27 heavy (non-hydrogen) atoms. The van der Waals surface area contributed by atoms with Crippen LogP contribution in [0, 0.1) is 5.92 Å². The van der Waals surface area contributed by atoms with E-state index in [9.17, 15) is 9.59 Å². The van der Waals surface area contributed by atoms with Crippen molar-refractivity contribution in [2.45, 2.75) is 70.6 Å². The SMILES string of the molecule is CC1CN(C(=O)C(C)NC(=O)CC2CCCCC2)CC(c2ccccc2)O1. The maximum Gasteiger partial charge on any atom is 0.245 e. The molecule has 1 N–H and O–H groups in total. The van der Waals surface area contributed by atoms with Gasteiger partial charge in [-0.25, -0.2) is 0 Å². The van der Waals surface area contributed by atoms with Gasteiger partial charge in [-0.2, -0.15) is 0 Å². The lowest BCUT2D eigenvalue weighted by Gasteiger charge is -2.38. The molecule has 0 spiro atoms. The van der Waals surface area contributed by atoms with Crippen LogP contribution in [0.2, 0.25) is 0 Å². The van der Waals surface area contributed by atoms with Crippen molar-refractivity contribution in [3.8, 4) is 0 Å². The highest BCUT2D eigenvalue weighted by atomic mass is 16.5. The second-order valence-corrected chi connectivity index (χ2v) is 8.09. The van der Waals surface area contributed by atoms with Crippen LogP contribution < -0.4 is 5.32 Å². The maximum atomic E-state index is 12.9. The molecule has 3 atom stereocenters. The van der Waals surface area contributed by atoms with E-state index in [1.54, 1.807) is 6.92 Å². The number of rotatable bonds is 5. The van der Waals surface area contributed by atoms with Crippen LogP contribution in [0.5, 0.6) is 0 Å². The van der Waals surface area contributed by atoms with Crippen molar-refractivity contribution < 1.29 is 14.3 Å². The predicted molar refractivity (Wildman–Crippen MR) is 105 cm³/mol. The Morgan fingerprint density at radius 3 is 2.56 bits per heavy atom. The van der Waals surface area contributed by atoms with Gasteiger partial charge in [0.05, 0.1) is 12.6 Å². The molecule has 5 heteroatoms. The minimum atomic E-state index is -0.497. The number of carbonyl (C=O) groups is 2. The van der Waals surface area contributed by atoms with E-state index in [4.69, 9.17) is 4.74 Å². The van der Waals surface area contributed by atoms with E-state index in [0.29, 0.717) is 25.4 Å². The minimum Gasteiger partial charge on any atom is -0.367 e. The molecule has 1 heterocycles. The second-order valence-electron chi connectivity index (χ2n) is 8.09. The predicted octanol–water partition coefficient (Wildman–Crippen LogP) is 3.45. The first kappa shape index (κ1) is 19.9. The largest absolute Gasteiger partial charge is 0.367 e. The molecular formula is C22H32N2O3. The van der Waals surface area contributed by atoms with Gasteiger partial charge in [-0.05, 0) is 38.2 Å². The molecule has 1 aliphatic carbocycles. The van der Waals surface area contributed by atoms with Crippen LogP contribution in [0.15, 0.2) is 30.3 Å². The molecule has 1 aliphatic heterocycles. The van der Waals surface area contributed by atoms with E-state index in [2.05, 4.69) is 5.32 Å². The van der Waals surface area contributed by atoms with Gasteiger partial charge < -0.3 is 15.0 Å². The Balaban J connectivity index is 1.54. The zero-order chi connectivity index (χ0) is 19.2. The summed E-state index contributed by atoms with van der Waals surface area (Å²) in [4.78, 5) is 27.1. The Morgan fingerprint density at radius 1 is 1.15 bits per heavy atom. The summed E-state index contributed by atoms with van der Waals surface area (Å²) < 4.78 is 6.03. The number of ether oxygens (including phenoxy) is 1. The summed E-state index contributed by atoms with van der Waals surface area (Å²) in [7, 11) is 0. The van der Waals surface area contributed by atoms with Crippen LogP contribution in [0.4, 0.5) is 0 Å². The standard InChI is InChI=1S/C22H32N2O3/c1-16-14-24(15-20(27-16)19-11-7-4-8-12-19)22(26)17(2)23-21(25)13-18-9-5-3-6-10-18/h4,7-8,11-12,16-18,20H,3,5-6,9-10,13-15H2,1-2H3,(H,23,25). The molecule has 1 saturated heterocycles. The van der Waals surface area contributed by atoms with Gasteiger partial charge in [0, 0.05) is 13.0 Å². The number of benzene rings is 1. The average molecular weight is 373 g/mol. The molecular weight excluding hydrogens is 340 g/mol. The van der Waals surface area contributed by atoms with Gasteiger partial charge in [0.2, 0.25) is 11.8 Å². The van der Waals surface area contributed by atoms with Gasteiger partial charge in [-0.3, -0.25) is 9.59 Å². The molecule has 2 aliphatic rings. The summed E-state index contributed by atoms with van der Waals surface area (Å²) >= 11 is 0. The van der Waals surface area contributed by atoms with Crippen molar-refractivity contribution in [2.75, 3.05) is 13.1 Å². The van der Waals surface area contributed by atoms with E-state index in [0.717, 1.165) is 18.4 Å². The smallest absolute Gasteiger partial charge is 0.245 e. The topological polar surface area (TPSA) is 58.6 Å². The molecule has 1 saturated carbocycles. The molecule has 148 valence electrons. The molecule has 0 aromatic heterocycles. The lowest BCUT2D eigenvalue weighted by atomic mass is 9.87. The number of hydrogen-bond acceptors (Lipinski definition) is 3.